The molecule has 0 fully saturated rings. The van der Waals surface area contributed by atoms with Gasteiger partial charge >= 0.3 is 0 Å². The van der Waals surface area contributed by atoms with Crippen molar-refractivity contribution >= 4 is 23.2 Å². The molecule has 1 N–H and O–H groups in total. The highest BCUT2D eigenvalue weighted by Gasteiger charge is 2.28. The summed E-state index contributed by atoms with van der Waals surface area (Å²) in [5, 5.41) is 13.2. The second-order valence-corrected chi connectivity index (χ2v) is 6.97. The highest BCUT2D eigenvalue weighted by Crippen LogP contribution is 2.31. The molecule has 136 valence electrons. The van der Waals surface area contributed by atoms with E-state index in [9.17, 15) is 0 Å². The van der Waals surface area contributed by atoms with Crippen LogP contribution in [0.25, 0.3) is 11.5 Å². The molecule has 6 heteroatoms. The Morgan fingerprint density at radius 3 is 2.31 bits per heavy atom. The topological polar surface area (TPSA) is 51.0 Å². The van der Waals surface area contributed by atoms with Crippen LogP contribution in [0.3, 0.4) is 0 Å². The highest BCUT2D eigenvalue weighted by atomic mass is 35.5. The molecule has 26 heavy (non-hydrogen) atoms. The predicted molar refractivity (Wildman–Crippen MR) is 105 cm³/mol. The molecule has 2 aromatic carbocycles. The van der Waals surface area contributed by atoms with Crippen LogP contribution in [0.2, 0.25) is 10.0 Å². The quantitative estimate of drug-likeness (QED) is 0.550. The van der Waals surface area contributed by atoms with Crippen molar-refractivity contribution in [2.45, 2.75) is 38.8 Å². The van der Waals surface area contributed by atoms with E-state index in [0.29, 0.717) is 23.3 Å². The average Bonchev–Trinajstić information content (AvgIpc) is 3.13. The van der Waals surface area contributed by atoms with Crippen molar-refractivity contribution in [2.24, 2.45) is 0 Å². The lowest BCUT2D eigenvalue weighted by molar-refractivity contribution is 0.290. The van der Waals surface area contributed by atoms with E-state index < -0.39 is 0 Å². The molecule has 0 saturated heterocycles. The van der Waals surface area contributed by atoms with Crippen molar-refractivity contribution in [3.8, 4) is 11.5 Å². The van der Waals surface area contributed by atoms with Crippen LogP contribution in [0.1, 0.15) is 38.1 Å². The number of nitrogens with zero attached hydrogens (tertiary/aromatic N) is 2. The molecule has 0 saturated carbocycles. The summed E-state index contributed by atoms with van der Waals surface area (Å²) >= 11 is 12.2. The average molecular weight is 390 g/mol. The summed E-state index contributed by atoms with van der Waals surface area (Å²) in [5.74, 6) is 0.956. The lowest BCUT2D eigenvalue weighted by Gasteiger charge is -2.33. The van der Waals surface area contributed by atoms with Crippen LogP contribution in [0, 0.1) is 0 Å². The molecule has 0 bridgehead atoms. The van der Waals surface area contributed by atoms with Crippen molar-refractivity contribution in [1.29, 1.82) is 0 Å². The zero-order valence-electron chi connectivity index (χ0n) is 14.8. The van der Waals surface area contributed by atoms with Crippen LogP contribution in [0.5, 0.6) is 0 Å². The second-order valence-electron chi connectivity index (χ2n) is 6.13. The third-order valence-corrected chi connectivity index (χ3v) is 5.33. The summed E-state index contributed by atoms with van der Waals surface area (Å²) < 4.78 is 5.80. The zero-order valence-corrected chi connectivity index (χ0v) is 16.3. The molecular weight excluding hydrogens is 369 g/mol. The van der Waals surface area contributed by atoms with Crippen LogP contribution in [-0.4, -0.2) is 10.2 Å². The molecule has 0 aliphatic carbocycles. The largest absolute Gasteiger partial charge is 0.419 e. The third kappa shape index (κ3) is 3.93. The Labute approximate surface area is 163 Å². The molecule has 4 nitrogen and oxygen atoms in total. The highest BCUT2D eigenvalue weighted by molar-refractivity contribution is 6.33. The summed E-state index contributed by atoms with van der Waals surface area (Å²) in [7, 11) is 0. The molecule has 0 atom stereocenters. The summed E-state index contributed by atoms with van der Waals surface area (Å²) in [6.07, 6.45) is 1.85. The number of hydrogen-bond acceptors (Lipinski definition) is 4. The minimum absolute atomic E-state index is 0.177. The van der Waals surface area contributed by atoms with Crippen molar-refractivity contribution in [2.75, 3.05) is 0 Å². The van der Waals surface area contributed by atoms with Crippen LogP contribution in [0.4, 0.5) is 0 Å². The summed E-state index contributed by atoms with van der Waals surface area (Å²) in [4.78, 5) is 0. The van der Waals surface area contributed by atoms with Gasteiger partial charge in [0.05, 0.1) is 17.1 Å². The van der Waals surface area contributed by atoms with Gasteiger partial charge in [0.25, 0.3) is 0 Å². The Bertz CT molecular complexity index is 858. The number of hydrogen-bond donors (Lipinski definition) is 1. The van der Waals surface area contributed by atoms with Crippen molar-refractivity contribution in [3.05, 3.63) is 70.0 Å². The monoisotopic (exact) mass is 389 g/mol. The van der Waals surface area contributed by atoms with Gasteiger partial charge in [0.2, 0.25) is 11.8 Å². The molecule has 0 amide bonds. The van der Waals surface area contributed by atoms with Gasteiger partial charge in [0.1, 0.15) is 0 Å². The number of rotatable bonds is 7. The van der Waals surface area contributed by atoms with E-state index in [-0.39, 0.29) is 5.54 Å². The zero-order chi connectivity index (χ0) is 18.6. The Kier molecular flexibility index (Phi) is 5.97. The molecular formula is C20H21Cl2N3O. The van der Waals surface area contributed by atoms with Gasteiger partial charge in [-0.1, -0.05) is 61.3 Å². The van der Waals surface area contributed by atoms with Crippen LogP contribution < -0.4 is 5.32 Å². The van der Waals surface area contributed by atoms with Gasteiger partial charge in [0, 0.05) is 10.6 Å². The van der Waals surface area contributed by atoms with Crippen molar-refractivity contribution < 1.29 is 4.42 Å². The van der Waals surface area contributed by atoms with Crippen LogP contribution >= 0.6 is 23.2 Å². The van der Waals surface area contributed by atoms with E-state index in [1.54, 1.807) is 6.07 Å². The van der Waals surface area contributed by atoms with Gasteiger partial charge in [-0.2, -0.15) is 0 Å². The van der Waals surface area contributed by atoms with Crippen LogP contribution in [-0.2, 0) is 12.1 Å². The standard InChI is InChI=1S/C20H21Cl2N3O/c1-3-20(4-2,14-9-11-15(21)12-10-14)23-13-18-24-25-19(26-18)16-7-5-6-8-17(16)22/h5-12,23H,3-4,13H2,1-2H3. The predicted octanol–water partition coefficient (Wildman–Crippen LogP) is 5.85. The summed E-state index contributed by atoms with van der Waals surface area (Å²) in [6, 6.07) is 15.4. The first kappa shape index (κ1) is 18.9. The minimum atomic E-state index is -0.177. The van der Waals surface area contributed by atoms with Gasteiger partial charge in [-0.3, -0.25) is 5.32 Å². The molecule has 1 aromatic heterocycles. The SMILES string of the molecule is CCC(CC)(NCc1nnc(-c2ccccc2Cl)o1)c1ccc(Cl)cc1. The molecule has 1 heterocycles. The van der Waals surface area contributed by atoms with Gasteiger partial charge in [-0.25, -0.2) is 0 Å². The molecule has 3 aromatic rings. The summed E-state index contributed by atoms with van der Waals surface area (Å²) in [5.41, 5.74) is 1.75. The van der Waals surface area contributed by atoms with E-state index >= 15 is 0 Å². The smallest absolute Gasteiger partial charge is 0.249 e. The second kappa shape index (κ2) is 8.21. The van der Waals surface area contributed by atoms with E-state index in [1.807, 2.05) is 30.3 Å². The Hall–Kier alpha value is -1.88. The maximum Gasteiger partial charge on any atom is 0.249 e. The number of nitrogens with one attached hydrogen (secondary N) is 1. The first-order valence-electron chi connectivity index (χ1n) is 8.66. The fraction of sp³-hybridized carbons (Fsp3) is 0.300. The fourth-order valence-corrected chi connectivity index (χ4v) is 3.44. The van der Waals surface area contributed by atoms with Crippen molar-refractivity contribution in [1.82, 2.24) is 15.5 Å². The maximum atomic E-state index is 6.20. The van der Waals surface area contributed by atoms with Gasteiger partial charge in [-0.05, 0) is 42.7 Å². The number of aromatic nitrogens is 2. The lowest BCUT2D eigenvalue weighted by Crippen LogP contribution is -2.41. The number of halogens is 2. The molecule has 0 spiro atoms. The van der Waals surface area contributed by atoms with E-state index in [2.05, 4.69) is 41.5 Å². The molecule has 0 radical (unpaired) electrons. The third-order valence-electron chi connectivity index (χ3n) is 4.75. The Balaban J connectivity index is 1.78. The van der Waals surface area contributed by atoms with Crippen molar-refractivity contribution in [3.63, 3.8) is 0 Å². The van der Waals surface area contributed by atoms with E-state index in [1.165, 1.54) is 5.56 Å². The number of benzene rings is 2. The maximum absolute atomic E-state index is 6.20. The van der Waals surface area contributed by atoms with E-state index in [0.717, 1.165) is 23.4 Å². The van der Waals surface area contributed by atoms with Gasteiger partial charge < -0.3 is 4.42 Å². The van der Waals surface area contributed by atoms with E-state index in [4.69, 9.17) is 27.6 Å². The fourth-order valence-electron chi connectivity index (χ4n) is 3.09. The Morgan fingerprint density at radius 1 is 0.962 bits per heavy atom. The lowest BCUT2D eigenvalue weighted by atomic mass is 9.84. The van der Waals surface area contributed by atoms with Crippen LogP contribution in [0.15, 0.2) is 52.9 Å². The molecule has 0 aliphatic rings. The molecule has 0 unspecified atom stereocenters. The van der Waals surface area contributed by atoms with Gasteiger partial charge in [-0.15, -0.1) is 10.2 Å². The summed E-state index contributed by atoms with van der Waals surface area (Å²) in [6.45, 7) is 4.80. The first-order valence-corrected chi connectivity index (χ1v) is 9.42. The van der Waals surface area contributed by atoms with Gasteiger partial charge in [0.15, 0.2) is 0 Å². The molecule has 3 rings (SSSR count). The Morgan fingerprint density at radius 2 is 1.65 bits per heavy atom. The minimum Gasteiger partial charge on any atom is -0.419 e. The normalized spacial score (nSPS) is 11.7. The first-order chi connectivity index (χ1) is 12.6. The molecule has 0 aliphatic heterocycles.